The van der Waals surface area contributed by atoms with Gasteiger partial charge in [0.05, 0.1) is 12.8 Å². The van der Waals surface area contributed by atoms with E-state index in [1.165, 1.54) is 18.4 Å². The second-order valence-electron chi connectivity index (χ2n) is 5.86. The molecule has 0 spiro atoms. The average molecular weight is 251 g/mol. The normalized spacial score (nSPS) is 24.0. The molecule has 0 aromatic carbocycles. The molecule has 4 heteroatoms. The van der Waals surface area contributed by atoms with E-state index in [1.54, 1.807) is 0 Å². The molecule has 1 saturated heterocycles. The standard InChI is InChI=1S/C14H25N3O/c1-12(2)15-10-14(6-7-18-11-14)5-4-13-8-16-17(3)9-13/h8-9,12,15H,4-7,10-11H2,1-3H3. The number of aromatic nitrogens is 2. The van der Waals surface area contributed by atoms with E-state index >= 15 is 0 Å². The van der Waals surface area contributed by atoms with Crippen molar-refractivity contribution in [2.75, 3.05) is 19.8 Å². The van der Waals surface area contributed by atoms with E-state index in [0.29, 0.717) is 11.5 Å². The van der Waals surface area contributed by atoms with E-state index in [-0.39, 0.29) is 0 Å². The van der Waals surface area contributed by atoms with Gasteiger partial charge in [0.1, 0.15) is 0 Å². The molecule has 1 atom stereocenters. The molecule has 4 nitrogen and oxygen atoms in total. The predicted molar refractivity (Wildman–Crippen MR) is 72.5 cm³/mol. The Morgan fingerprint density at radius 2 is 2.39 bits per heavy atom. The van der Waals surface area contributed by atoms with Gasteiger partial charge in [0, 0.05) is 37.9 Å². The molecule has 1 N–H and O–H groups in total. The predicted octanol–water partition coefficient (Wildman–Crippen LogP) is 1.76. The highest BCUT2D eigenvalue weighted by Gasteiger charge is 2.34. The molecule has 1 aromatic heterocycles. The lowest BCUT2D eigenvalue weighted by molar-refractivity contribution is 0.142. The van der Waals surface area contributed by atoms with Crippen molar-refractivity contribution in [3.63, 3.8) is 0 Å². The average Bonchev–Trinajstić information content (AvgIpc) is 2.94. The second-order valence-corrected chi connectivity index (χ2v) is 5.86. The molecule has 2 rings (SSSR count). The number of ether oxygens (including phenoxy) is 1. The van der Waals surface area contributed by atoms with E-state index in [1.807, 2.05) is 17.9 Å². The molecule has 1 aromatic rings. The monoisotopic (exact) mass is 251 g/mol. The summed E-state index contributed by atoms with van der Waals surface area (Å²) >= 11 is 0. The van der Waals surface area contributed by atoms with Gasteiger partial charge in [-0.3, -0.25) is 4.68 Å². The molecule has 2 heterocycles. The summed E-state index contributed by atoms with van der Waals surface area (Å²) in [6.45, 7) is 7.26. The smallest absolute Gasteiger partial charge is 0.0535 e. The molecular weight excluding hydrogens is 226 g/mol. The molecule has 0 saturated carbocycles. The maximum absolute atomic E-state index is 5.63. The van der Waals surface area contributed by atoms with Crippen molar-refractivity contribution in [3.05, 3.63) is 18.0 Å². The first kappa shape index (κ1) is 13.6. The molecule has 1 unspecified atom stereocenters. The summed E-state index contributed by atoms with van der Waals surface area (Å²) in [7, 11) is 1.97. The fourth-order valence-corrected chi connectivity index (χ4v) is 2.51. The lowest BCUT2D eigenvalue weighted by Crippen LogP contribution is -2.38. The van der Waals surface area contributed by atoms with E-state index in [0.717, 1.165) is 26.2 Å². The van der Waals surface area contributed by atoms with Crippen LogP contribution in [-0.4, -0.2) is 35.6 Å². The molecule has 0 aliphatic carbocycles. The Morgan fingerprint density at radius 3 is 2.94 bits per heavy atom. The van der Waals surface area contributed by atoms with Crippen LogP contribution in [-0.2, 0) is 18.2 Å². The van der Waals surface area contributed by atoms with Gasteiger partial charge in [-0.15, -0.1) is 0 Å². The fraction of sp³-hybridized carbons (Fsp3) is 0.786. The topological polar surface area (TPSA) is 39.1 Å². The summed E-state index contributed by atoms with van der Waals surface area (Å²) in [5, 5.41) is 7.80. The first-order valence-electron chi connectivity index (χ1n) is 6.88. The van der Waals surface area contributed by atoms with E-state index < -0.39 is 0 Å². The van der Waals surface area contributed by atoms with Crippen molar-refractivity contribution in [2.45, 2.75) is 39.2 Å². The van der Waals surface area contributed by atoms with Crippen molar-refractivity contribution in [2.24, 2.45) is 12.5 Å². The van der Waals surface area contributed by atoms with Gasteiger partial charge in [-0.25, -0.2) is 0 Å². The Balaban J connectivity index is 1.89. The Kier molecular flexibility index (Phi) is 4.40. The molecule has 0 bridgehead atoms. The number of hydrogen-bond donors (Lipinski definition) is 1. The first-order chi connectivity index (χ1) is 8.60. The molecule has 0 amide bonds. The molecule has 1 aliphatic rings. The minimum Gasteiger partial charge on any atom is -0.381 e. The fourth-order valence-electron chi connectivity index (χ4n) is 2.51. The lowest BCUT2D eigenvalue weighted by atomic mass is 9.81. The van der Waals surface area contributed by atoms with Crippen LogP contribution in [0, 0.1) is 5.41 Å². The van der Waals surface area contributed by atoms with Gasteiger partial charge >= 0.3 is 0 Å². The van der Waals surface area contributed by atoms with Crippen molar-refractivity contribution in [3.8, 4) is 0 Å². The summed E-state index contributed by atoms with van der Waals surface area (Å²) in [5.74, 6) is 0. The zero-order valence-electron chi connectivity index (χ0n) is 11.8. The Bertz CT molecular complexity index is 367. The van der Waals surface area contributed by atoms with Crippen LogP contribution in [0.1, 0.15) is 32.3 Å². The summed E-state index contributed by atoms with van der Waals surface area (Å²) in [4.78, 5) is 0. The van der Waals surface area contributed by atoms with Gasteiger partial charge in [0.15, 0.2) is 0 Å². The van der Waals surface area contributed by atoms with Crippen LogP contribution in [0.5, 0.6) is 0 Å². The number of nitrogens with zero attached hydrogens (tertiary/aromatic N) is 2. The quantitative estimate of drug-likeness (QED) is 0.837. The van der Waals surface area contributed by atoms with Crippen LogP contribution in [0.3, 0.4) is 0 Å². The van der Waals surface area contributed by atoms with Gasteiger partial charge in [-0.05, 0) is 24.8 Å². The van der Waals surface area contributed by atoms with Crippen molar-refractivity contribution in [1.29, 1.82) is 0 Å². The maximum atomic E-state index is 5.63. The van der Waals surface area contributed by atoms with Gasteiger partial charge in [-0.1, -0.05) is 13.8 Å². The highest BCUT2D eigenvalue weighted by molar-refractivity contribution is 5.05. The van der Waals surface area contributed by atoms with Crippen molar-refractivity contribution < 1.29 is 4.74 Å². The molecule has 0 radical (unpaired) electrons. The zero-order chi connectivity index (χ0) is 13.0. The maximum Gasteiger partial charge on any atom is 0.0535 e. The van der Waals surface area contributed by atoms with Crippen LogP contribution in [0.15, 0.2) is 12.4 Å². The van der Waals surface area contributed by atoms with Crippen LogP contribution in [0.4, 0.5) is 0 Å². The Labute approximate surface area is 110 Å². The molecule has 102 valence electrons. The number of rotatable bonds is 6. The highest BCUT2D eigenvalue weighted by atomic mass is 16.5. The highest BCUT2D eigenvalue weighted by Crippen LogP contribution is 2.33. The third-order valence-corrected chi connectivity index (χ3v) is 3.77. The number of hydrogen-bond acceptors (Lipinski definition) is 3. The summed E-state index contributed by atoms with van der Waals surface area (Å²) in [6, 6.07) is 0.542. The van der Waals surface area contributed by atoms with Crippen LogP contribution in [0.25, 0.3) is 0 Å². The largest absolute Gasteiger partial charge is 0.381 e. The number of aryl methyl sites for hydroxylation is 2. The minimum atomic E-state index is 0.320. The SMILES string of the molecule is CC(C)NCC1(CCc2cnn(C)c2)CCOC1. The minimum absolute atomic E-state index is 0.320. The molecule has 1 fully saturated rings. The Morgan fingerprint density at radius 1 is 1.56 bits per heavy atom. The summed E-state index contributed by atoms with van der Waals surface area (Å²) in [6.07, 6.45) is 7.53. The molecule has 1 aliphatic heterocycles. The summed E-state index contributed by atoms with van der Waals surface area (Å²) < 4.78 is 7.50. The zero-order valence-corrected chi connectivity index (χ0v) is 11.8. The molecule has 18 heavy (non-hydrogen) atoms. The van der Waals surface area contributed by atoms with Crippen LogP contribution in [0.2, 0.25) is 0 Å². The van der Waals surface area contributed by atoms with Gasteiger partial charge < -0.3 is 10.1 Å². The van der Waals surface area contributed by atoms with Gasteiger partial charge in [0.2, 0.25) is 0 Å². The third kappa shape index (κ3) is 3.56. The first-order valence-corrected chi connectivity index (χ1v) is 6.88. The van der Waals surface area contributed by atoms with Crippen molar-refractivity contribution in [1.82, 2.24) is 15.1 Å². The Hall–Kier alpha value is -0.870. The lowest BCUT2D eigenvalue weighted by Gasteiger charge is -2.28. The van der Waals surface area contributed by atoms with Crippen LogP contribution >= 0.6 is 0 Å². The van der Waals surface area contributed by atoms with Crippen molar-refractivity contribution >= 4 is 0 Å². The van der Waals surface area contributed by atoms with Gasteiger partial charge in [0.25, 0.3) is 0 Å². The van der Waals surface area contributed by atoms with E-state index in [4.69, 9.17) is 4.74 Å². The van der Waals surface area contributed by atoms with E-state index in [9.17, 15) is 0 Å². The van der Waals surface area contributed by atoms with Crippen LogP contribution < -0.4 is 5.32 Å². The second kappa shape index (κ2) is 5.85. The van der Waals surface area contributed by atoms with Gasteiger partial charge in [-0.2, -0.15) is 5.10 Å². The number of nitrogens with one attached hydrogen (secondary N) is 1. The third-order valence-electron chi connectivity index (χ3n) is 3.77. The molecular formula is C14H25N3O. The van der Waals surface area contributed by atoms with E-state index in [2.05, 4.69) is 30.5 Å². The summed E-state index contributed by atoms with van der Waals surface area (Å²) in [5.41, 5.74) is 1.65.